The first-order valence-corrected chi connectivity index (χ1v) is 6.91. The number of nitrogens with zero attached hydrogens (tertiary/aromatic N) is 1. The van der Waals surface area contributed by atoms with E-state index in [1.54, 1.807) is 11.8 Å². The maximum atomic E-state index is 5.54. The van der Waals surface area contributed by atoms with Crippen molar-refractivity contribution in [2.75, 3.05) is 6.54 Å². The summed E-state index contributed by atoms with van der Waals surface area (Å²) in [5.41, 5.74) is 9.15. The van der Waals surface area contributed by atoms with Crippen molar-refractivity contribution < 1.29 is 0 Å². The molecule has 94 valence electrons. The summed E-state index contributed by atoms with van der Waals surface area (Å²) in [6.07, 6.45) is 0.937. The number of pyridine rings is 1. The van der Waals surface area contributed by atoms with Gasteiger partial charge in [0, 0.05) is 10.6 Å². The Balaban J connectivity index is 2.13. The van der Waals surface area contributed by atoms with E-state index < -0.39 is 0 Å². The van der Waals surface area contributed by atoms with E-state index in [1.807, 2.05) is 6.92 Å². The van der Waals surface area contributed by atoms with Crippen molar-refractivity contribution in [3.8, 4) is 0 Å². The second-order valence-corrected chi connectivity index (χ2v) is 5.50. The molecule has 0 bridgehead atoms. The lowest BCUT2D eigenvalue weighted by molar-refractivity contribution is 0.966. The normalized spacial score (nSPS) is 10.6. The first-order chi connectivity index (χ1) is 8.67. The fourth-order valence-corrected chi connectivity index (χ4v) is 2.82. The zero-order valence-corrected chi connectivity index (χ0v) is 11.6. The van der Waals surface area contributed by atoms with Crippen molar-refractivity contribution >= 4 is 11.8 Å². The summed E-state index contributed by atoms with van der Waals surface area (Å²) in [7, 11) is 0. The van der Waals surface area contributed by atoms with E-state index in [0.717, 1.165) is 17.1 Å². The van der Waals surface area contributed by atoms with Crippen molar-refractivity contribution in [3.63, 3.8) is 0 Å². The van der Waals surface area contributed by atoms with Crippen molar-refractivity contribution in [1.29, 1.82) is 0 Å². The summed E-state index contributed by atoms with van der Waals surface area (Å²) in [4.78, 5) is 5.75. The topological polar surface area (TPSA) is 38.9 Å². The lowest BCUT2D eigenvalue weighted by Gasteiger charge is -2.05. The van der Waals surface area contributed by atoms with Gasteiger partial charge in [-0.05, 0) is 62.2 Å². The molecular weight excluding hydrogens is 240 g/mol. The van der Waals surface area contributed by atoms with Gasteiger partial charge < -0.3 is 5.73 Å². The van der Waals surface area contributed by atoms with E-state index in [4.69, 9.17) is 5.73 Å². The molecule has 0 spiro atoms. The molecule has 0 unspecified atom stereocenters. The van der Waals surface area contributed by atoms with Gasteiger partial charge in [-0.2, -0.15) is 0 Å². The Morgan fingerprint density at radius 3 is 2.44 bits per heavy atom. The van der Waals surface area contributed by atoms with E-state index in [1.165, 1.54) is 16.0 Å². The van der Waals surface area contributed by atoms with Gasteiger partial charge in [0.2, 0.25) is 0 Å². The van der Waals surface area contributed by atoms with E-state index in [2.05, 4.69) is 48.3 Å². The van der Waals surface area contributed by atoms with Gasteiger partial charge in [0.15, 0.2) is 0 Å². The minimum Gasteiger partial charge on any atom is -0.330 e. The molecule has 18 heavy (non-hydrogen) atoms. The Labute approximate surface area is 113 Å². The molecule has 2 rings (SSSR count). The molecule has 0 aliphatic rings. The molecule has 1 aromatic carbocycles. The van der Waals surface area contributed by atoms with Crippen LogP contribution in [0.5, 0.6) is 0 Å². The lowest BCUT2D eigenvalue weighted by atomic mass is 10.2. The minimum absolute atomic E-state index is 0.700. The zero-order valence-electron chi connectivity index (χ0n) is 10.8. The monoisotopic (exact) mass is 258 g/mol. The van der Waals surface area contributed by atoms with Crippen LogP contribution in [0.15, 0.2) is 46.3 Å². The summed E-state index contributed by atoms with van der Waals surface area (Å²) in [5.74, 6) is 0. The van der Waals surface area contributed by atoms with E-state index in [0.29, 0.717) is 6.54 Å². The van der Waals surface area contributed by atoms with Crippen molar-refractivity contribution in [1.82, 2.24) is 4.98 Å². The summed E-state index contributed by atoms with van der Waals surface area (Å²) >= 11 is 1.70. The molecule has 2 N–H and O–H groups in total. The van der Waals surface area contributed by atoms with Gasteiger partial charge in [-0.3, -0.25) is 0 Å². The Bertz CT molecular complexity index is 500. The highest BCUT2D eigenvalue weighted by molar-refractivity contribution is 7.99. The Morgan fingerprint density at radius 2 is 1.83 bits per heavy atom. The Hall–Kier alpha value is -1.32. The van der Waals surface area contributed by atoms with Crippen molar-refractivity contribution in [3.05, 3.63) is 53.2 Å². The fourth-order valence-electron chi connectivity index (χ4n) is 1.87. The van der Waals surface area contributed by atoms with Crippen LogP contribution in [-0.2, 0) is 6.42 Å². The largest absolute Gasteiger partial charge is 0.330 e. The molecule has 2 aromatic rings. The van der Waals surface area contributed by atoms with Crippen LogP contribution in [0.1, 0.15) is 16.8 Å². The Morgan fingerprint density at radius 1 is 1.11 bits per heavy atom. The smallest absolute Gasteiger partial charge is 0.101 e. The summed E-state index contributed by atoms with van der Waals surface area (Å²) < 4.78 is 0. The first kappa shape index (κ1) is 13.1. The van der Waals surface area contributed by atoms with Gasteiger partial charge in [-0.1, -0.05) is 23.9 Å². The molecule has 2 nitrogen and oxygen atoms in total. The number of aromatic nitrogens is 1. The number of nitrogens with two attached hydrogens (primary N) is 1. The second kappa shape index (κ2) is 6.03. The molecule has 3 heteroatoms. The second-order valence-electron chi connectivity index (χ2n) is 4.41. The van der Waals surface area contributed by atoms with E-state index in [9.17, 15) is 0 Å². The third-order valence-corrected chi connectivity index (χ3v) is 3.58. The van der Waals surface area contributed by atoms with Crippen molar-refractivity contribution in [2.45, 2.75) is 30.2 Å². The molecule has 0 saturated heterocycles. The van der Waals surface area contributed by atoms with E-state index in [-0.39, 0.29) is 0 Å². The van der Waals surface area contributed by atoms with Crippen LogP contribution in [0.2, 0.25) is 0 Å². The maximum absolute atomic E-state index is 5.54. The van der Waals surface area contributed by atoms with Crippen LogP contribution in [0.3, 0.4) is 0 Å². The molecule has 0 fully saturated rings. The predicted octanol–water partition coefficient (Wildman–Crippen LogP) is 3.35. The minimum atomic E-state index is 0.700. The standard InChI is InChI=1S/C15H18N2S/c1-11-9-12(2)17-15(10-11)18-14-5-3-13(4-6-14)7-8-16/h3-6,9-10H,7-8,16H2,1-2H3. The number of rotatable bonds is 4. The van der Waals surface area contributed by atoms with Crippen LogP contribution in [-0.4, -0.2) is 11.5 Å². The molecule has 0 aliphatic heterocycles. The molecular formula is C15H18N2S. The van der Waals surface area contributed by atoms with Gasteiger partial charge >= 0.3 is 0 Å². The van der Waals surface area contributed by atoms with Gasteiger partial charge in [0.1, 0.15) is 5.03 Å². The van der Waals surface area contributed by atoms with Gasteiger partial charge in [0.05, 0.1) is 0 Å². The van der Waals surface area contributed by atoms with Crippen molar-refractivity contribution in [2.24, 2.45) is 5.73 Å². The van der Waals surface area contributed by atoms with Gasteiger partial charge in [0.25, 0.3) is 0 Å². The third kappa shape index (κ3) is 3.59. The molecule has 0 radical (unpaired) electrons. The number of benzene rings is 1. The van der Waals surface area contributed by atoms with Gasteiger partial charge in [-0.25, -0.2) is 4.98 Å². The van der Waals surface area contributed by atoms with Crippen LogP contribution in [0.25, 0.3) is 0 Å². The van der Waals surface area contributed by atoms with E-state index >= 15 is 0 Å². The van der Waals surface area contributed by atoms with Crippen LogP contribution in [0, 0.1) is 13.8 Å². The van der Waals surface area contributed by atoms with Crippen LogP contribution >= 0.6 is 11.8 Å². The molecule has 0 amide bonds. The molecule has 0 atom stereocenters. The van der Waals surface area contributed by atoms with Crippen LogP contribution in [0.4, 0.5) is 0 Å². The number of hydrogen-bond donors (Lipinski definition) is 1. The highest BCUT2D eigenvalue weighted by Gasteiger charge is 2.01. The summed E-state index contributed by atoms with van der Waals surface area (Å²) in [5, 5.41) is 1.05. The third-order valence-electron chi connectivity index (χ3n) is 2.65. The molecule has 0 saturated carbocycles. The zero-order chi connectivity index (χ0) is 13.0. The quantitative estimate of drug-likeness (QED) is 0.914. The lowest BCUT2D eigenvalue weighted by Crippen LogP contribution is -2.02. The molecule has 1 heterocycles. The maximum Gasteiger partial charge on any atom is 0.101 e. The SMILES string of the molecule is Cc1cc(C)nc(Sc2ccc(CCN)cc2)c1. The van der Waals surface area contributed by atoms with Gasteiger partial charge in [-0.15, -0.1) is 0 Å². The highest BCUT2D eigenvalue weighted by Crippen LogP contribution is 2.27. The average molecular weight is 258 g/mol. The number of hydrogen-bond acceptors (Lipinski definition) is 3. The fraction of sp³-hybridized carbons (Fsp3) is 0.267. The summed E-state index contributed by atoms with van der Waals surface area (Å²) in [6, 6.07) is 12.7. The Kier molecular flexibility index (Phi) is 4.39. The average Bonchev–Trinajstić information content (AvgIpc) is 2.31. The molecule has 1 aromatic heterocycles. The van der Waals surface area contributed by atoms with Crippen LogP contribution < -0.4 is 5.73 Å². The highest BCUT2D eigenvalue weighted by atomic mass is 32.2. The number of aryl methyl sites for hydroxylation is 2. The predicted molar refractivity (Wildman–Crippen MR) is 77.0 cm³/mol. The molecule has 0 aliphatic carbocycles. The first-order valence-electron chi connectivity index (χ1n) is 6.09. The summed E-state index contributed by atoms with van der Waals surface area (Å²) in [6.45, 7) is 4.83.